The summed E-state index contributed by atoms with van der Waals surface area (Å²) in [4.78, 5) is 5.38. The van der Waals surface area contributed by atoms with Gasteiger partial charge in [0.25, 0.3) is 0 Å². The number of nitrogens with one attached hydrogen (secondary N) is 1. The minimum atomic E-state index is -6.11. The summed E-state index contributed by atoms with van der Waals surface area (Å²) in [7, 11) is -3.58. The molecule has 0 fully saturated rings. The number of alkyl halides is 6. The highest BCUT2D eigenvalue weighted by Crippen LogP contribution is 2.49. The van der Waals surface area contributed by atoms with Crippen molar-refractivity contribution < 1.29 is 39.9 Å². The summed E-state index contributed by atoms with van der Waals surface area (Å²) < 4.78 is 103. The Kier molecular flexibility index (Phi) is 5.89. The molecule has 0 bridgehead atoms. The molecule has 172 valence electrons. The molecule has 0 amide bonds. The van der Waals surface area contributed by atoms with Crippen molar-refractivity contribution in [2.24, 2.45) is 0 Å². The van der Waals surface area contributed by atoms with Crippen molar-refractivity contribution >= 4 is 9.84 Å². The fraction of sp³-hybridized carbons (Fsp3) is 0.250. The van der Waals surface area contributed by atoms with Gasteiger partial charge in [0, 0.05) is 12.7 Å². The fourth-order valence-electron chi connectivity index (χ4n) is 3.03. The first-order valence-corrected chi connectivity index (χ1v) is 10.8. The van der Waals surface area contributed by atoms with Crippen LogP contribution in [-0.2, 0) is 21.9 Å². The van der Waals surface area contributed by atoms with Crippen LogP contribution in [0.25, 0.3) is 11.3 Å². The zero-order chi connectivity index (χ0) is 23.9. The van der Waals surface area contributed by atoms with Crippen molar-refractivity contribution in [1.82, 2.24) is 9.97 Å². The Bertz CT molecular complexity index is 1190. The number of benzene rings is 2. The molecule has 2 N–H and O–H groups in total. The molecule has 32 heavy (non-hydrogen) atoms. The van der Waals surface area contributed by atoms with Crippen molar-refractivity contribution in [2.75, 3.05) is 6.26 Å². The van der Waals surface area contributed by atoms with Gasteiger partial charge in [-0.15, -0.1) is 0 Å². The Balaban J connectivity index is 2.20. The minimum Gasteiger partial charge on any atom is -0.367 e. The molecular weight excluding hydrogens is 462 g/mol. The van der Waals surface area contributed by atoms with Gasteiger partial charge in [0.15, 0.2) is 15.7 Å². The molecule has 12 heteroatoms. The number of imidazole rings is 1. The van der Waals surface area contributed by atoms with Crippen LogP contribution in [0.15, 0.2) is 59.5 Å². The number of halogens is 6. The molecule has 1 aromatic heterocycles. The molecule has 1 heterocycles. The van der Waals surface area contributed by atoms with Crippen molar-refractivity contribution in [1.29, 1.82) is 0 Å². The van der Waals surface area contributed by atoms with Gasteiger partial charge in [-0.05, 0) is 23.3 Å². The van der Waals surface area contributed by atoms with E-state index in [2.05, 4.69) is 4.98 Å². The molecule has 0 saturated heterocycles. The van der Waals surface area contributed by atoms with E-state index in [4.69, 9.17) is 0 Å². The molecule has 0 spiro atoms. The Morgan fingerprint density at radius 1 is 0.906 bits per heavy atom. The molecular formula is C20H16F6N2O3S. The SMILES string of the molecule is CS(=O)(=O)c1ccc(-c2[nH]c(C(O)(C(F)(F)F)C(F)(F)F)nc2Cc2ccccc2)cc1. The summed E-state index contributed by atoms with van der Waals surface area (Å²) in [6.45, 7) is 0. The molecule has 0 aliphatic heterocycles. The van der Waals surface area contributed by atoms with Gasteiger partial charge in [-0.2, -0.15) is 26.3 Å². The second-order valence-electron chi connectivity index (χ2n) is 7.07. The first-order valence-electron chi connectivity index (χ1n) is 8.94. The zero-order valence-corrected chi connectivity index (χ0v) is 17.1. The number of hydrogen-bond acceptors (Lipinski definition) is 4. The van der Waals surface area contributed by atoms with Crippen molar-refractivity contribution in [3.63, 3.8) is 0 Å². The number of nitrogens with zero attached hydrogens (tertiary/aromatic N) is 1. The molecule has 0 saturated carbocycles. The van der Waals surface area contributed by atoms with E-state index in [0.717, 1.165) is 18.4 Å². The topological polar surface area (TPSA) is 83.0 Å². The second kappa shape index (κ2) is 7.93. The van der Waals surface area contributed by atoms with E-state index in [1.54, 1.807) is 30.3 Å². The average molecular weight is 478 g/mol. The summed E-state index contributed by atoms with van der Waals surface area (Å²) >= 11 is 0. The first kappa shape index (κ1) is 23.8. The highest BCUT2D eigenvalue weighted by atomic mass is 32.2. The lowest BCUT2D eigenvalue weighted by molar-refractivity contribution is -0.378. The van der Waals surface area contributed by atoms with E-state index in [-0.39, 0.29) is 28.3 Å². The number of aromatic amines is 1. The van der Waals surface area contributed by atoms with Gasteiger partial charge in [-0.1, -0.05) is 42.5 Å². The van der Waals surface area contributed by atoms with Crippen LogP contribution in [0.2, 0.25) is 0 Å². The van der Waals surface area contributed by atoms with Gasteiger partial charge < -0.3 is 10.1 Å². The Morgan fingerprint density at radius 3 is 1.91 bits per heavy atom. The Labute approximate surface area is 178 Å². The monoisotopic (exact) mass is 478 g/mol. The van der Waals surface area contributed by atoms with Crippen molar-refractivity contribution in [2.45, 2.75) is 29.3 Å². The smallest absolute Gasteiger partial charge is 0.367 e. The van der Waals surface area contributed by atoms with Gasteiger partial charge >= 0.3 is 18.0 Å². The van der Waals surface area contributed by atoms with E-state index < -0.39 is 33.6 Å². The van der Waals surface area contributed by atoms with E-state index >= 15 is 0 Å². The van der Waals surface area contributed by atoms with E-state index in [9.17, 15) is 39.9 Å². The number of aromatic nitrogens is 2. The molecule has 0 aliphatic rings. The van der Waals surface area contributed by atoms with Crippen LogP contribution in [0, 0.1) is 0 Å². The van der Waals surface area contributed by atoms with E-state index in [1.807, 2.05) is 4.98 Å². The summed E-state index contributed by atoms with van der Waals surface area (Å²) in [5.41, 5.74) is -4.99. The quantitative estimate of drug-likeness (QED) is 0.533. The fourth-order valence-corrected chi connectivity index (χ4v) is 3.67. The average Bonchev–Trinajstić information content (AvgIpc) is 3.09. The second-order valence-corrected chi connectivity index (χ2v) is 9.09. The summed E-state index contributed by atoms with van der Waals surface area (Å²) in [5, 5.41) is 9.73. The van der Waals surface area contributed by atoms with Crippen LogP contribution in [0.5, 0.6) is 0 Å². The molecule has 0 atom stereocenters. The number of aliphatic hydroxyl groups is 1. The third kappa shape index (κ3) is 4.37. The number of sulfone groups is 1. The summed E-state index contributed by atoms with van der Waals surface area (Å²) in [6, 6.07) is 12.9. The maximum absolute atomic E-state index is 13.3. The number of hydrogen-bond donors (Lipinski definition) is 2. The molecule has 0 unspecified atom stereocenters. The van der Waals surface area contributed by atoms with Crippen LogP contribution in [-0.4, -0.2) is 42.1 Å². The van der Waals surface area contributed by atoms with Gasteiger partial charge in [-0.3, -0.25) is 0 Å². The standard InChI is InChI=1S/C20H16F6N2O3S/c1-32(30,31)14-9-7-13(8-10-14)16-15(11-12-5-3-2-4-6-12)27-17(28-16)18(29,19(21,22)23)20(24,25)26/h2-10,29H,11H2,1H3,(H,27,28). The van der Waals surface area contributed by atoms with Crippen LogP contribution >= 0.6 is 0 Å². The van der Waals surface area contributed by atoms with Gasteiger partial charge in [0.2, 0.25) is 0 Å². The summed E-state index contributed by atoms with van der Waals surface area (Å²) in [6.07, 6.45) is -11.4. The lowest BCUT2D eigenvalue weighted by Gasteiger charge is -2.30. The predicted octanol–water partition coefficient (Wildman–Crippen LogP) is 4.38. The minimum absolute atomic E-state index is 0.0901. The molecule has 0 radical (unpaired) electrons. The lowest BCUT2D eigenvalue weighted by atomic mass is 10.0. The molecule has 2 aromatic carbocycles. The van der Waals surface area contributed by atoms with E-state index in [1.165, 1.54) is 12.1 Å². The molecule has 5 nitrogen and oxygen atoms in total. The number of H-pyrrole nitrogens is 1. The van der Waals surface area contributed by atoms with E-state index in [0.29, 0.717) is 5.56 Å². The molecule has 0 aliphatic carbocycles. The lowest BCUT2D eigenvalue weighted by Crippen LogP contribution is -2.54. The molecule has 3 aromatic rings. The normalized spacial score (nSPS) is 13.4. The van der Waals surface area contributed by atoms with Crippen molar-refractivity contribution in [3.05, 3.63) is 71.7 Å². The first-order chi connectivity index (χ1) is 14.6. The highest BCUT2D eigenvalue weighted by Gasteiger charge is 2.73. The van der Waals surface area contributed by atoms with Crippen LogP contribution < -0.4 is 0 Å². The van der Waals surface area contributed by atoms with Crippen LogP contribution in [0.4, 0.5) is 26.3 Å². The van der Waals surface area contributed by atoms with Crippen LogP contribution in [0.1, 0.15) is 17.1 Å². The summed E-state index contributed by atoms with van der Waals surface area (Å²) in [5.74, 6) is -1.73. The van der Waals surface area contributed by atoms with Crippen molar-refractivity contribution in [3.8, 4) is 11.3 Å². The third-order valence-electron chi connectivity index (χ3n) is 4.73. The van der Waals surface area contributed by atoms with Crippen LogP contribution in [0.3, 0.4) is 0 Å². The Morgan fingerprint density at radius 2 is 1.44 bits per heavy atom. The van der Waals surface area contributed by atoms with Gasteiger partial charge in [0.1, 0.15) is 0 Å². The number of rotatable bonds is 5. The van der Waals surface area contributed by atoms with Gasteiger partial charge in [0.05, 0.1) is 16.3 Å². The zero-order valence-electron chi connectivity index (χ0n) is 16.3. The maximum Gasteiger partial charge on any atom is 0.433 e. The van der Waals surface area contributed by atoms with Gasteiger partial charge in [-0.25, -0.2) is 13.4 Å². The predicted molar refractivity (Wildman–Crippen MR) is 102 cm³/mol. The maximum atomic E-state index is 13.3. The largest absolute Gasteiger partial charge is 0.433 e. The highest BCUT2D eigenvalue weighted by molar-refractivity contribution is 7.90. The third-order valence-corrected chi connectivity index (χ3v) is 5.86. The molecule has 3 rings (SSSR count). The Hall–Kier alpha value is -2.86.